The molecule has 0 spiro atoms. The molecule has 0 fully saturated rings. The van der Waals surface area contributed by atoms with E-state index in [0.29, 0.717) is 9.86 Å². The average molecular weight is 401 g/mol. The lowest BCUT2D eigenvalue weighted by molar-refractivity contribution is 0.102. The normalized spacial score (nSPS) is 13.0. The predicted octanol–water partition coefficient (Wildman–Crippen LogP) is 4.10. The van der Waals surface area contributed by atoms with Crippen LogP contribution in [0.4, 0.5) is 10.1 Å². The van der Waals surface area contributed by atoms with Gasteiger partial charge >= 0.3 is 0 Å². The summed E-state index contributed by atoms with van der Waals surface area (Å²) in [4.78, 5) is 25.4. The minimum Gasteiger partial charge on any atom is -0.346 e. The van der Waals surface area contributed by atoms with Crippen molar-refractivity contribution in [2.45, 2.75) is 19.4 Å². The summed E-state index contributed by atoms with van der Waals surface area (Å²) in [5.74, 6) is -1.17. The fourth-order valence-corrected chi connectivity index (χ4v) is 3.63. The van der Waals surface area contributed by atoms with Gasteiger partial charge in [0.25, 0.3) is 5.91 Å². The number of hydrogen-bond acceptors (Lipinski definition) is 2. The Morgan fingerprint density at radius 3 is 2.88 bits per heavy atom. The van der Waals surface area contributed by atoms with Gasteiger partial charge in [0.15, 0.2) is 0 Å². The van der Waals surface area contributed by atoms with Crippen molar-refractivity contribution in [2.24, 2.45) is 0 Å². The first-order valence-electron chi connectivity index (χ1n) is 7.96. The van der Waals surface area contributed by atoms with Crippen molar-refractivity contribution in [1.29, 1.82) is 0 Å². The van der Waals surface area contributed by atoms with Crippen LogP contribution in [0.2, 0.25) is 0 Å². The average Bonchev–Trinajstić information content (AvgIpc) is 2.60. The molecule has 0 bridgehead atoms. The molecule has 1 aromatic heterocycles. The fraction of sp³-hybridized carbons (Fsp3) is 0.158. The van der Waals surface area contributed by atoms with E-state index in [1.807, 2.05) is 16.7 Å². The molecule has 1 amide bonds. The maximum atomic E-state index is 14.0. The summed E-state index contributed by atoms with van der Waals surface area (Å²) in [7, 11) is 0. The number of carbonyl (C=O) groups excluding carboxylic acids is 1. The van der Waals surface area contributed by atoms with Gasteiger partial charge in [0.1, 0.15) is 11.4 Å². The molecule has 0 atom stereocenters. The van der Waals surface area contributed by atoms with E-state index in [9.17, 15) is 14.0 Å². The van der Waals surface area contributed by atoms with E-state index in [4.69, 9.17) is 0 Å². The third-order valence-corrected chi connectivity index (χ3v) is 4.94. The molecule has 126 valence electrons. The van der Waals surface area contributed by atoms with Gasteiger partial charge in [0.2, 0.25) is 5.43 Å². The number of pyridine rings is 1. The van der Waals surface area contributed by atoms with Crippen molar-refractivity contribution in [2.75, 3.05) is 5.32 Å². The van der Waals surface area contributed by atoms with Crippen LogP contribution in [0, 0.1) is 5.82 Å². The fourth-order valence-electron chi connectivity index (χ4n) is 3.30. The number of amides is 1. The highest BCUT2D eigenvalue weighted by Crippen LogP contribution is 2.24. The Balaban J connectivity index is 1.80. The summed E-state index contributed by atoms with van der Waals surface area (Å²) in [6, 6.07) is 9.93. The maximum absolute atomic E-state index is 14.0. The van der Waals surface area contributed by atoms with Crippen LogP contribution in [0.25, 0.3) is 10.9 Å². The van der Waals surface area contributed by atoms with Crippen molar-refractivity contribution in [1.82, 2.24) is 4.57 Å². The van der Waals surface area contributed by atoms with Gasteiger partial charge < -0.3 is 9.88 Å². The first-order valence-corrected chi connectivity index (χ1v) is 8.75. The van der Waals surface area contributed by atoms with E-state index in [0.717, 1.165) is 30.5 Å². The molecule has 0 saturated heterocycles. The molecule has 1 aliphatic rings. The van der Waals surface area contributed by atoms with Crippen LogP contribution >= 0.6 is 15.9 Å². The van der Waals surface area contributed by atoms with E-state index >= 15 is 0 Å². The van der Waals surface area contributed by atoms with Crippen LogP contribution in [0.3, 0.4) is 0 Å². The molecular weight excluding hydrogens is 387 g/mol. The Morgan fingerprint density at radius 2 is 2.08 bits per heavy atom. The molecule has 25 heavy (non-hydrogen) atoms. The molecule has 0 aliphatic carbocycles. The summed E-state index contributed by atoms with van der Waals surface area (Å²) in [5, 5.41) is 3.02. The molecule has 0 radical (unpaired) electrons. The third kappa shape index (κ3) is 2.76. The first-order chi connectivity index (χ1) is 12.0. The Hall–Kier alpha value is -2.47. The van der Waals surface area contributed by atoms with Gasteiger partial charge in [0, 0.05) is 22.6 Å². The molecule has 1 aliphatic heterocycles. The number of aryl methyl sites for hydroxylation is 2. The number of halogens is 2. The van der Waals surface area contributed by atoms with E-state index in [1.165, 1.54) is 12.1 Å². The predicted molar refractivity (Wildman–Crippen MR) is 98.6 cm³/mol. The number of aromatic nitrogens is 1. The van der Waals surface area contributed by atoms with Crippen LogP contribution in [-0.4, -0.2) is 10.5 Å². The van der Waals surface area contributed by atoms with Gasteiger partial charge in [0.05, 0.1) is 11.2 Å². The zero-order chi connectivity index (χ0) is 17.6. The minimum absolute atomic E-state index is 0.0221. The molecule has 1 N–H and O–H groups in total. The molecule has 4 nitrogen and oxygen atoms in total. The van der Waals surface area contributed by atoms with E-state index in [1.54, 1.807) is 18.3 Å². The van der Waals surface area contributed by atoms with Gasteiger partial charge in [-0.15, -0.1) is 0 Å². The zero-order valence-electron chi connectivity index (χ0n) is 13.2. The van der Waals surface area contributed by atoms with E-state index in [2.05, 4.69) is 21.2 Å². The van der Waals surface area contributed by atoms with Crippen LogP contribution in [0.15, 0.2) is 51.9 Å². The van der Waals surface area contributed by atoms with Crippen LogP contribution in [0.1, 0.15) is 22.3 Å². The van der Waals surface area contributed by atoms with Crippen molar-refractivity contribution in [3.8, 4) is 0 Å². The van der Waals surface area contributed by atoms with Crippen LogP contribution in [0.5, 0.6) is 0 Å². The number of hydrogen-bond donors (Lipinski definition) is 1. The number of nitrogens with one attached hydrogen (secondary N) is 1. The van der Waals surface area contributed by atoms with Gasteiger partial charge in [-0.25, -0.2) is 4.39 Å². The topological polar surface area (TPSA) is 51.1 Å². The Kier molecular flexibility index (Phi) is 3.92. The maximum Gasteiger partial charge on any atom is 0.261 e. The third-order valence-electron chi connectivity index (χ3n) is 4.45. The summed E-state index contributed by atoms with van der Waals surface area (Å²) in [6.45, 7) is 0.751. The lowest BCUT2D eigenvalue weighted by Crippen LogP contribution is -2.25. The summed E-state index contributed by atoms with van der Waals surface area (Å²) in [6.07, 6.45) is 3.46. The first kappa shape index (κ1) is 16.0. The van der Waals surface area contributed by atoms with Crippen LogP contribution < -0.4 is 10.7 Å². The number of anilines is 1. The molecule has 4 rings (SSSR count). The second-order valence-corrected chi connectivity index (χ2v) is 6.98. The highest BCUT2D eigenvalue weighted by atomic mass is 79.9. The minimum atomic E-state index is -0.604. The Morgan fingerprint density at radius 1 is 1.24 bits per heavy atom. The quantitative estimate of drug-likeness (QED) is 0.703. The van der Waals surface area contributed by atoms with Gasteiger partial charge in [-0.2, -0.15) is 0 Å². The molecular formula is C19H14BrFN2O2. The SMILES string of the molecule is O=C(Nc1ccc(Br)cc1F)c1cn2c3c(cccc3c1=O)CCC2. The molecule has 2 aromatic carbocycles. The number of rotatable bonds is 2. The van der Waals surface area contributed by atoms with E-state index in [-0.39, 0.29) is 16.7 Å². The number of nitrogens with zero attached hydrogens (tertiary/aromatic N) is 1. The van der Waals surface area contributed by atoms with Crippen molar-refractivity contribution in [3.63, 3.8) is 0 Å². The van der Waals surface area contributed by atoms with Crippen molar-refractivity contribution < 1.29 is 9.18 Å². The zero-order valence-corrected chi connectivity index (χ0v) is 14.8. The largest absolute Gasteiger partial charge is 0.346 e. The van der Waals surface area contributed by atoms with Gasteiger partial charge in [-0.3, -0.25) is 9.59 Å². The molecule has 6 heteroatoms. The number of benzene rings is 2. The molecule has 0 saturated carbocycles. The second-order valence-electron chi connectivity index (χ2n) is 6.06. The Labute approximate surface area is 151 Å². The number of carbonyl (C=O) groups is 1. The lowest BCUT2D eigenvalue weighted by atomic mass is 9.99. The molecule has 3 aromatic rings. The summed E-state index contributed by atoms with van der Waals surface area (Å²) < 4.78 is 16.5. The van der Waals surface area contributed by atoms with Crippen molar-refractivity contribution >= 4 is 38.4 Å². The smallest absolute Gasteiger partial charge is 0.261 e. The molecule has 0 unspecified atom stereocenters. The summed E-state index contributed by atoms with van der Waals surface area (Å²) >= 11 is 3.17. The summed E-state index contributed by atoms with van der Waals surface area (Å²) in [5.41, 5.74) is 1.75. The van der Waals surface area contributed by atoms with Crippen LogP contribution in [-0.2, 0) is 13.0 Å². The standard InChI is InChI=1S/C19H14BrFN2O2/c20-12-6-7-16(15(21)9-12)22-19(25)14-10-23-8-2-4-11-3-1-5-13(17(11)23)18(14)24/h1,3,5-7,9-10H,2,4,8H2,(H,22,25). The monoisotopic (exact) mass is 400 g/mol. The lowest BCUT2D eigenvalue weighted by Gasteiger charge is -2.20. The highest BCUT2D eigenvalue weighted by molar-refractivity contribution is 9.10. The van der Waals surface area contributed by atoms with Gasteiger partial charge in [-0.05, 0) is 42.7 Å². The van der Waals surface area contributed by atoms with Gasteiger partial charge in [-0.1, -0.05) is 28.1 Å². The second kappa shape index (κ2) is 6.11. The molecule has 2 heterocycles. The van der Waals surface area contributed by atoms with E-state index < -0.39 is 11.7 Å². The van der Waals surface area contributed by atoms with Crippen molar-refractivity contribution in [3.05, 3.63) is 74.2 Å². The number of para-hydroxylation sites is 1. The highest BCUT2D eigenvalue weighted by Gasteiger charge is 2.20. The Bertz CT molecular complexity index is 1070.